The summed E-state index contributed by atoms with van der Waals surface area (Å²) < 4.78 is 32.0. The molecule has 1 aliphatic rings. The lowest BCUT2D eigenvalue weighted by molar-refractivity contribution is -0.122. The minimum atomic E-state index is -3.01. The predicted octanol–water partition coefficient (Wildman–Crippen LogP) is 3.74. The molecule has 36 heavy (non-hydrogen) atoms. The number of allylic oxidation sites excluding steroid dienone is 1. The molecule has 0 unspecified atom stereocenters. The number of aromatic nitrogens is 1. The number of carbonyl (C=O) groups excluding carboxylic acids is 2. The number of thiazole rings is 1. The number of nitrogens with one attached hydrogen (secondary N) is 1. The smallest absolute Gasteiger partial charge is 0.387 e. The molecule has 0 radical (unpaired) electrons. The first-order chi connectivity index (χ1) is 17.0. The van der Waals surface area contributed by atoms with Crippen LogP contribution in [0.25, 0.3) is 12.2 Å². The SMILES string of the molecule is CC(C)(C)C(=O)/C=c1/s/c(=C\c2ccccc2OC(F)F)c(=O)n1CC(=O)NCCC1=CCCCC1. The Labute approximate surface area is 213 Å². The monoisotopic (exact) mass is 518 g/mol. The average molecular weight is 519 g/mol. The van der Waals surface area contributed by atoms with Crippen LogP contribution >= 0.6 is 11.3 Å². The van der Waals surface area contributed by atoms with Crippen LogP contribution in [0, 0.1) is 5.41 Å². The van der Waals surface area contributed by atoms with Crippen LogP contribution in [0.15, 0.2) is 40.7 Å². The predicted molar refractivity (Wildman–Crippen MR) is 138 cm³/mol. The number of hydrogen-bond donors (Lipinski definition) is 1. The molecular weight excluding hydrogens is 486 g/mol. The van der Waals surface area contributed by atoms with E-state index in [0.717, 1.165) is 37.0 Å². The molecule has 0 saturated heterocycles. The Hall–Kier alpha value is -3.07. The lowest BCUT2D eigenvalue weighted by atomic mass is 9.91. The van der Waals surface area contributed by atoms with Gasteiger partial charge in [0.05, 0.1) is 4.53 Å². The zero-order chi connectivity index (χ0) is 26.3. The highest BCUT2D eigenvalue weighted by atomic mass is 32.1. The van der Waals surface area contributed by atoms with E-state index in [2.05, 4.69) is 16.1 Å². The molecule has 0 saturated carbocycles. The van der Waals surface area contributed by atoms with Gasteiger partial charge in [0.2, 0.25) is 5.91 Å². The number of ether oxygens (including phenoxy) is 1. The van der Waals surface area contributed by atoms with Crippen LogP contribution in [0.3, 0.4) is 0 Å². The molecule has 1 aromatic carbocycles. The number of ketones is 1. The number of halogens is 2. The summed E-state index contributed by atoms with van der Waals surface area (Å²) in [6.45, 7) is 2.50. The van der Waals surface area contributed by atoms with Crippen molar-refractivity contribution in [3.63, 3.8) is 0 Å². The summed E-state index contributed by atoms with van der Waals surface area (Å²) in [6.07, 6.45) is 10.3. The van der Waals surface area contributed by atoms with Crippen LogP contribution in [0.2, 0.25) is 0 Å². The molecule has 1 N–H and O–H groups in total. The maximum atomic E-state index is 13.2. The quantitative estimate of drug-likeness (QED) is 0.513. The lowest BCUT2D eigenvalue weighted by Crippen LogP contribution is -2.39. The van der Waals surface area contributed by atoms with Crippen molar-refractivity contribution in [2.75, 3.05) is 6.54 Å². The van der Waals surface area contributed by atoms with E-state index in [1.807, 2.05) is 0 Å². The standard InChI is InChI=1S/C27H32F2N2O4S/c1-27(2,3)22(32)16-24-31(17-23(33)30-14-13-18-9-5-4-6-10-18)25(34)21(36-24)15-19-11-7-8-12-20(19)35-26(28)29/h7-9,11-12,15-16,26H,4-6,10,13-14,17H2,1-3H3,(H,30,33)/b21-15-,24-16+. The maximum Gasteiger partial charge on any atom is 0.387 e. The van der Waals surface area contributed by atoms with Crippen molar-refractivity contribution in [2.45, 2.75) is 66.0 Å². The minimum Gasteiger partial charge on any atom is -0.434 e. The molecule has 0 fully saturated rings. The van der Waals surface area contributed by atoms with Gasteiger partial charge in [0, 0.05) is 23.6 Å². The van der Waals surface area contributed by atoms with Crippen molar-refractivity contribution in [2.24, 2.45) is 5.41 Å². The summed E-state index contributed by atoms with van der Waals surface area (Å²) in [6, 6.07) is 6.13. The molecule has 194 valence electrons. The van der Waals surface area contributed by atoms with Crippen molar-refractivity contribution in [3.8, 4) is 5.75 Å². The minimum absolute atomic E-state index is 0.0714. The average Bonchev–Trinajstić information content (AvgIpc) is 3.09. The summed E-state index contributed by atoms with van der Waals surface area (Å²) in [5, 5.41) is 2.86. The third-order valence-corrected chi connectivity index (χ3v) is 6.87. The second-order valence-corrected chi connectivity index (χ2v) is 10.8. The zero-order valence-electron chi connectivity index (χ0n) is 20.8. The molecule has 0 spiro atoms. The van der Waals surface area contributed by atoms with Crippen LogP contribution in [-0.4, -0.2) is 29.4 Å². The molecule has 0 bridgehead atoms. The third-order valence-electron chi connectivity index (χ3n) is 5.81. The highest BCUT2D eigenvalue weighted by molar-refractivity contribution is 7.07. The van der Waals surface area contributed by atoms with Crippen LogP contribution in [0.5, 0.6) is 5.75 Å². The molecule has 1 amide bonds. The number of hydrogen-bond acceptors (Lipinski definition) is 5. The largest absolute Gasteiger partial charge is 0.434 e. The Bertz CT molecular complexity index is 1300. The van der Waals surface area contributed by atoms with Gasteiger partial charge < -0.3 is 10.1 Å². The van der Waals surface area contributed by atoms with Gasteiger partial charge in [-0.25, -0.2) is 0 Å². The molecule has 3 rings (SSSR count). The van der Waals surface area contributed by atoms with Gasteiger partial charge in [-0.2, -0.15) is 8.78 Å². The van der Waals surface area contributed by atoms with Gasteiger partial charge in [0.15, 0.2) is 5.78 Å². The molecule has 0 aliphatic heterocycles. The van der Waals surface area contributed by atoms with Crippen molar-refractivity contribution in [3.05, 3.63) is 61.0 Å². The van der Waals surface area contributed by atoms with Crippen molar-refractivity contribution < 1.29 is 23.1 Å². The molecular formula is C27H32F2N2O4S. The van der Waals surface area contributed by atoms with E-state index in [-0.39, 0.29) is 28.5 Å². The highest BCUT2D eigenvalue weighted by Gasteiger charge is 2.20. The summed E-state index contributed by atoms with van der Waals surface area (Å²) in [5.41, 5.74) is 0.468. The Morgan fingerprint density at radius 2 is 1.97 bits per heavy atom. The Morgan fingerprint density at radius 3 is 2.64 bits per heavy atom. The molecule has 2 aromatic rings. The van der Waals surface area contributed by atoms with Gasteiger partial charge in [-0.1, -0.05) is 50.6 Å². The van der Waals surface area contributed by atoms with E-state index < -0.39 is 17.6 Å². The van der Waals surface area contributed by atoms with Crippen LogP contribution in [0.4, 0.5) is 8.78 Å². The second-order valence-electron chi connectivity index (χ2n) is 9.72. The maximum absolute atomic E-state index is 13.2. The van der Waals surface area contributed by atoms with Crippen LogP contribution in [-0.2, 0) is 16.1 Å². The molecule has 0 atom stereocenters. The number of amides is 1. The highest BCUT2D eigenvalue weighted by Crippen LogP contribution is 2.21. The third kappa shape index (κ3) is 7.71. The summed E-state index contributed by atoms with van der Waals surface area (Å²) in [5.74, 6) is -0.606. The molecule has 9 heteroatoms. The van der Waals surface area contributed by atoms with Gasteiger partial charge in [-0.15, -0.1) is 11.3 Å². The van der Waals surface area contributed by atoms with Crippen LogP contribution < -0.4 is 24.8 Å². The lowest BCUT2D eigenvalue weighted by Gasteiger charge is -2.13. The number of Topliss-reactive ketones (excluding diaryl/α,β-unsaturated/α-hetero) is 1. The second kappa shape index (κ2) is 12.3. The fourth-order valence-corrected chi connectivity index (χ4v) is 4.79. The summed E-state index contributed by atoms with van der Waals surface area (Å²) in [7, 11) is 0. The normalized spacial score (nSPS) is 15.2. The molecule has 1 aromatic heterocycles. The fraction of sp³-hybridized carbons (Fsp3) is 0.444. The van der Waals surface area contributed by atoms with E-state index in [1.165, 1.54) is 34.8 Å². The van der Waals surface area contributed by atoms with Crippen molar-refractivity contribution in [1.29, 1.82) is 0 Å². The molecule has 1 heterocycles. The van der Waals surface area contributed by atoms with Gasteiger partial charge in [0.25, 0.3) is 5.56 Å². The van der Waals surface area contributed by atoms with Crippen molar-refractivity contribution in [1.82, 2.24) is 9.88 Å². The number of benzene rings is 1. The number of rotatable bonds is 9. The van der Waals surface area contributed by atoms with E-state index >= 15 is 0 Å². The van der Waals surface area contributed by atoms with Crippen molar-refractivity contribution >= 4 is 35.2 Å². The first-order valence-electron chi connectivity index (χ1n) is 12.0. The molecule has 1 aliphatic carbocycles. The molecule has 6 nitrogen and oxygen atoms in total. The van der Waals surface area contributed by atoms with E-state index in [1.54, 1.807) is 39.0 Å². The Kier molecular flexibility index (Phi) is 9.37. The van der Waals surface area contributed by atoms with Gasteiger partial charge in [-0.3, -0.25) is 19.0 Å². The number of para-hydroxylation sites is 1. The van der Waals surface area contributed by atoms with Gasteiger partial charge >= 0.3 is 6.61 Å². The van der Waals surface area contributed by atoms with E-state index in [4.69, 9.17) is 0 Å². The van der Waals surface area contributed by atoms with Gasteiger partial charge in [0.1, 0.15) is 17.0 Å². The summed E-state index contributed by atoms with van der Waals surface area (Å²) in [4.78, 5) is 38.6. The number of nitrogens with zero attached hydrogens (tertiary/aromatic N) is 1. The Morgan fingerprint density at radius 1 is 1.22 bits per heavy atom. The van der Waals surface area contributed by atoms with E-state index in [0.29, 0.717) is 16.8 Å². The topological polar surface area (TPSA) is 77.4 Å². The first kappa shape index (κ1) is 27.5. The van der Waals surface area contributed by atoms with Crippen LogP contribution in [0.1, 0.15) is 58.4 Å². The Balaban J connectivity index is 1.93. The first-order valence-corrected chi connectivity index (χ1v) is 12.8. The fourth-order valence-electron chi connectivity index (χ4n) is 3.76. The summed E-state index contributed by atoms with van der Waals surface area (Å²) >= 11 is 1.03. The van der Waals surface area contributed by atoms with E-state index in [9.17, 15) is 23.2 Å². The van der Waals surface area contributed by atoms with Gasteiger partial charge in [-0.05, 0) is 44.2 Å². The zero-order valence-corrected chi connectivity index (χ0v) is 21.6. The number of alkyl halides is 2. The number of carbonyl (C=O) groups is 2.